The van der Waals surface area contributed by atoms with Gasteiger partial charge in [0.25, 0.3) is 0 Å². The number of fused-ring (bicyclic) bond motifs is 1. The molecule has 3 rings (SSSR count). The predicted octanol–water partition coefficient (Wildman–Crippen LogP) is 1.71. The monoisotopic (exact) mass is 201 g/mol. The fourth-order valence-electron chi connectivity index (χ4n) is 2.32. The Morgan fingerprint density at radius 2 is 2.47 bits per heavy atom. The Bertz CT molecular complexity index is 422. The molecular formula is C12H15N3. The van der Waals surface area contributed by atoms with Gasteiger partial charge in [0.2, 0.25) is 0 Å². The van der Waals surface area contributed by atoms with Crippen LogP contribution in [-0.4, -0.2) is 23.1 Å². The van der Waals surface area contributed by atoms with Crippen LogP contribution in [0.15, 0.2) is 24.4 Å². The molecule has 0 radical (unpaired) electrons. The lowest BCUT2D eigenvalue weighted by Crippen LogP contribution is -2.10. The van der Waals surface area contributed by atoms with E-state index in [-0.39, 0.29) is 0 Å². The molecular weight excluding hydrogens is 186 g/mol. The van der Waals surface area contributed by atoms with Gasteiger partial charge in [0.1, 0.15) is 5.65 Å². The lowest BCUT2D eigenvalue weighted by molar-refractivity contribution is 0.574. The minimum atomic E-state index is 0.790. The van der Waals surface area contributed by atoms with Crippen molar-refractivity contribution < 1.29 is 0 Å². The summed E-state index contributed by atoms with van der Waals surface area (Å²) < 4.78 is 0. The van der Waals surface area contributed by atoms with Crippen molar-refractivity contribution in [3.05, 3.63) is 30.1 Å². The molecule has 2 aromatic heterocycles. The van der Waals surface area contributed by atoms with Crippen LogP contribution in [0.25, 0.3) is 11.0 Å². The van der Waals surface area contributed by atoms with Gasteiger partial charge in [-0.1, -0.05) is 0 Å². The topological polar surface area (TPSA) is 40.7 Å². The fourth-order valence-corrected chi connectivity index (χ4v) is 2.32. The molecule has 3 heterocycles. The van der Waals surface area contributed by atoms with Gasteiger partial charge >= 0.3 is 0 Å². The number of pyridine rings is 1. The third-order valence-corrected chi connectivity index (χ3v) is 3.12. The standard InChI is InChI=1S/C12H15N3/c1-2-10-7-11(15-12(10)14-4-1)6-9-3-5-13-8-9/h1-2,4,7,9,13H,3,5-6,8H2,(H,14,15). The number of hydrogen-bond donors (Lipinski definition) is 2. The molecule has 0 aliphatic carbocycles. The first-order chi connectivity index (χ1) is 7.42. The van der Waals surface area contributed by atoms with Crippen molar-refractivity contribution in [3.63, 3.8) is 0 Å². The molecule has 1 aliphatic rings. The first-order valence-corrected chi connectivity index (χ1v) is 5.55. The van der Waals surface area contributed by atoms with E-state index in [0.29, 0.717) is 0 Å². The average Bonchev–Trinajstić information content (AvgIpc) is 2.86. The Kier molecular flexibility index (Phi) is 2.18. The largest absolute Gasteiger partial charge is 0.343 e. The van der Waals surface area contributed by atoms with E-state index in [1.54, 1.807) is 0 Å². The first kappa shape index (κ1) is 8.92. The van der Waals surface area contributed by atoms with Crippen LogP contribution in [0.4, 0.5) is 0 Å². The van der Waals surface area contributed by atoms with Gasteiger partial charge in [0.05, 0.1) is 0 Å². The van der Waals surface area contributed by atoms with Crippen molar-refractivity contribution in [3.8, 4) is 0 Å². The highest BCUT2D eigenvalue weighted by Gasteiger charge is 2.15. The van der Waals surface area contributed by atoms with Crippen molar-refractivity contribution in [1.29, 1.82) is 0 Å². The number of nitrogens with one attached hydrogen (secondary N) is 2. The Hall–Kier alpha value is -1.35. The molecule has 0 spiro atoms. The molecule has 1 fully saturated rings. The third-order valence-electron chi connectivity index (χ3n) is 3.12. The number of hydrogen-bond acceptors (Lipinski definition) is 2. The molecule has 2 aromatic rings. The summed E-state index contributed by atoms with van der Waals surface area (Å²) in [5, 5.41) is 4.62. The zero-order chi connectivity index (χ0) is 10.1. The summed E-state index contributed by atoms with van der Waals surface area (Å²) in [6, 6.07) is 6.31. The second-order valence-corrected chi connectivity index (χ2v) is 4.30. The van der Waals surface area contributed by atoms with E-state index in [4.69, 9.17) is 0 Å². The maximum absolute atomic E-state index is 4.31. The molecule has 0 bridgehead atoms. The van der Waals surface area contributed by atoms with Crippen LogP contribution in [0, 0.1) is 5.92 Å². The maximum Gasteiger partial charge on any atom is 0.137 e. The second-order valence-electron chi connectivity index (χ2n) is 4.30. The molecule has 0 saturated carbocycles. The van der Waals surface area contributed by atoms with Crippen molar-refractivity contribution in [2.75, 3.05) is 13.1 Å². The number of aromatic amines is 1. The predicted molar refractivity (Wildman–Crippen MR) is 60.8 cm³/mol. The molecule has 3 nitrogen and oxygen atoms in total. The first-order valence-electron chi connectivity index (χ1n) is 5.55. The highest BCUT2D eigenvalue weighted by molar-refractivity contribution is 5.76. The van der Waals surface area contributed by atoms with Crippen LogP contribution in [-0.2, 0) is 6.42 Å². The highest BCUT2D eigenvalue weighted by Crippen LogP contribution is 2.18. The number of H-pyrrole nitrogens is 1. The zero-order valence-corrected chi connectivity index (χ0v) is 8.66. The Morgan fingerprint density at radius 3 is 3.27 bits per heavy atom. The fraction of sp³-hybridized carbons (Fsp3) is 0.417. The molecule has 3 heteroatoms. The van der Waals surface area contributed by atoms with Crippen LogP contribution in [0.3, 0.4) is 0 Å². The molecule has 0 aromatic carbocycles. The smallest absolute Gasteiger partial charge is 0.137 e. The molecule has 78 valence electrons. The van der Waals surface area contributed by atoms with Gasteiger partial charge in [-0.25, -0.2) is 4.98 Å². The Morgan fingerprint density at radius 1 is 1.47 bits per heavy atom. The van der Waals surface area contributed by atoms with E-state index in [0.717, 1.165) is 24.5 Å². The summed E-state index contributed by atoms with van der Waals surface area (Å²) in [5.41, 5.74) is 2.33. The van der Waals surface area contributed by atoms with Crippen LogP contribution in [0.2, 0.25) is 0 Å². The summed E-state index contributed by atoms with van der Waals surface area (Å²) in [6.07, 6.45) is 4.27. The van der Waals surface area contributed by atoms with Crippen molar-refractivity contribution in [1.82, 2.24) is 15.3 Å². The van der Waals surface area contributed by atoms with E-state index < -0.39 is 0 Å². The highest BCUT2D eigenvalue weighted by atomic mass is 14.9. The van der Waals surface area contributed by atoms with Gasteiger partial charge < -0.3 is 10.3 Å². The van der Waals surface area contributed by atoms with Gasteiger partial charge in [-0.2, -0.15) is 0 Å². The molecule has 1 saturated heterocycles. The number of aromatic nitrogens is 2. The summed E-state index contributed by atoms with van der Waals surface area (Å²) in [7, 11) is 0. The third kappa shape index (κ3) is 1.75. The summed E-state index contributed by atoms with van der Waals surface area (Å²) in [6.45, 7) is 2.33. The van der Waals surface area contributed by atoms with E-state index in [9.17, 15) is 0 Å². The van der Waals surface area contributed by atoms with Gasteiger partial charge in [0.15, 0.2) is 0 Å². The molecule has 1 atom stereocenters. The van der Waals surface area contributed by atoms with Crippen molar-refractivity contribution in [2.24, 2.45) is 5.92 Å². The van der Waals surface area contributed by atoms with Crippen LogP contribution >= 0.6 is 0 Å². The summed E-state index contributed by atoms with van der Waals surface area (Å²) in [4.78, 5) is 7.69. The lowest BCUT2D eigenvalue weighted by atomic mass is 10.0. The Balaban J connectivity index is 1.84. The lowest BCUT2D eigenvalue weighted by Gasteiger charge is -2.04. The number of nitrogens with zero attached hydrogens (tertiary/aromatic N) is 1. The summed E-state index contributed by atoms with van der Waals surface area (Å²) in [5.74, 6) is 0.790. The van der Waals surface area contributed by atoms with E-state index in [2.05, 4.69) is 27.4 Å². The zero-order valence-electron chi connectivity index (χ0n) is 8.66. The van der Waals surface area contributed by atoms with Gasteiger partial charge in [-0.15, -0.1) is 0 Å². The molecule has 1 aliphatic heterocycles. The maximum atomic E-state index is 4.31. The quantitative estimate of drug-likeness (QED) is 0.776. The molecule has 15 heavy (non-hydrogen) atoms. The minimum absolute atomic E-state index is 0.790. The molecule has 1 unspecified atom stereocenters. The van der Waals surface area contributed by atoms with Crippen molar-refractivity contribution >= 4 is 11.0 Å². The second kappa shape index (κ2) is 3.66. The minimum Gasteiger partial charge on any atom is -0.343 e. The Labute approximate surface area is 88.9 Å². The average molecular weight is 201 g/mol. The van der Waals surface area contributed by atoms with Crippen molar-refractivity contribution in [2.45, 2.75) is 12.8 Å². The normalized spacial score (nSPS) is 21.2. The van der Waals surface area contributed by atoms with E-state index >= 15 is 0 Å². The summed E-state index contributed by atoms with van der Waals surface area (Å²) >= 11 is 0. The van der Waals surface area contributed by atoms with Gasteiger partial charge in [-0.3, -0.25) is 0 Å². The van der Waals surface area contributed by atoms with E-state index in [1.807, 2.05) is 12.3 Å². The van der Waals surface area contributed by atoms with Gasteiger partial charge in [0, 0.05) is 17.3 Å². The molecule has 2 N–H and O–H groups in total. The van der Waals surface area contributed by atoms with Crippen LogP contribution in [0.5, 0.6) is 0 Å². The number of rotatable bonds is 2. The van der Waals surface area contributed by atoms with Crippen LogP contribution in [0.1, 0.15) is 12.1 Å². The van der Waals surface area contributed by atoms with Gasteiger partial charge in [-0.05, 0) is 50.0 Å². The SMILES string of the molecule is c1cnc2[nH]c(CC3CCNC3)cc2c1. The van der Waals surface area contributed by atoms with Crippen LogP contribution < -0.4 is 5.32 Å². The molecule has 0 amide bonds. The van der Waals surface area contributed by atoms with E-state index in [1.165, 1.54) is 24.0 Å².